The van der Waals surface area contributed by atoms with E-state index in [1.54, 1.807) is 6.33 Å². The molecule has 66 valence electrons. The van der Waals surface area contributed by atoms with Crippen molar-refractivity contribution in [3.05, 3.63) is 11.3 Å². The Morgan fingerprint density at radius 1 is 1.75 bits per heavy atom. The predicted molar refractivity (Wildman–Crippen MR) is 48.8 cm³/mol. The van der Waals surface area contributed by atoms with E-state index in [4.69, 9.17) is 5.73 Å². The number of hydrogen-bond donors (Lipinski definition) is 1. The van der Waals surface area contributed by atoms with Gasteiger partial charge in [-0.15, -0.1) is 0 Å². The summed E-state index contributed by atoms with van der Waals surface area (Å²) in [5.41, 5.74) is 6.06. The smallest absolute Gasteiger partial charge is 0.133 e. The molecule has 4 heteroatoms. The van der Waals surface area contributed by atoms with Crippen LogP contribution < -0.4 is 5.73 Å². The zero-order valence-corrected chi connectivity index (χ0v) is 7.97. The van der Waals surface area contributed by atoms with Crippen molar-refractivity contribution in [2.24, 2.45) is 11.7 Å². The van der Waals surface area contributed by atoms with Gasteiger partial charge in [0.1, 0.15) is 11.3 Å². The highest BCUT2D eigenvalue weighted by molar-refractivity contribution is 7.05. The Morgan fingerprint density at radius 3 is 3.08 bits per heavy atom. The minimum Gasteiger partial charge on any atom is -0.319 e. The molecular weight excluding hydrogens is 170 g/mol. The molecule has 0 bridgehead atoms. The fourth-order valence-corrected chi connectivity index (χ4v) is 2.57. The zero-order chi connectivity index (χ0) is 8.60. The van der Waals surface area contributed by atoms with Crippen molar-refractivity contribution in [3.63, 3.8) is 0 Å². The molecule has 1 aliphatic rings. The van der Waals surface area contributed by atoms with E-state index >= 15 is 0 Å². The first-order chi connectivity index (χ1) is 5.71. The number of hydrogen-bond acceptors (Lipinski definition) is 4. The van der Waals surface area contributed by atoms with E-state index in [1.807, 2.05) is 0 Å². The van der Waals surface area contributed by atoms with Crippen LogP contribution in [0.2, 0.25) is 0 Å². The fraction of sp³-hybridized carbons (Fsp3) is 0.750. The fourth-order valence-electron chi connectivity index (χ4n) is 1.92. The maximum atomic E-state index is 6.22. The van der Waals surface area contributed by atoms with Crippen LogP contribution in [0.3, 0.4) is 0 Å². The van der Waals surface area contributed by atoms with Crippen LogP contribution in [0.25, 0.3) is 0 Å². The Bertz CT molecular complexity index is 259. The highest BCUT2D eigenvalue weighted by atomic mass is 32.1. The van der Waals surface area contributed by atoms with Crippen LogP contribution in [-0.2, 0) is 5.54 Å². The van der Waals surface area contributed by atoms with Crippen LogP contribution in [0.15, 0.2) is 6.33 Å². The van der Waals surface area contributed by atoms with Gasteiger partial charge in [0.25, 0.3) is 0 Å². The second-order valence-corrected chi connectivity index (χ2v) is 4.53. The van der Waals surface area contributed by atoms with Crippen LogP contribution in [0.5, 0.6) is 0 Å². The van der Waals surface area contributed by atoms with Crippen molar-refractivity contribution >= 4 is 11.5 Å². The van der Waals surface area contributed by atoms with Gasteiger partial charge in [-0.2, -0.15) is 4.37 Å². The first-order valence-electron chi connectivity index (χ1n) is 4.27. The predicted octanol–water partition coefficient (Wildman–Crippen LogP) is 1.51. The molecule has 0 amide bonds. The summed E-state index contributed by atoms with van der Waals surface area (Å²) in [5.74, 6) is 0.735. The van der Waals surface area contributed by atoms with Crippen molar-refractivity contribution in [2.45, 2.75) is 31.7 Å². The molecule has 2 unspecified atom stereocenters. The van der Waals surface area contributed by atoms with Gasteiger partial charge in [-0.1, -0.05) is 6.92 Å². The van der Waals surface area contributed by atoms with E-state index in [9.17, 15) is 0 Å². The third-order valence-electron chi connectivity index (χ3n) is 2.58. The number of rotatable bonds is 1. The van der Waals surface area contributed by atoms with Crippen LogP contribution in [0.4, 0.5) is 0 Å². The molecule has 2 N–H and O–H groups in total. The highest BCUT2D eigenvalue weighted by Crippen LogP contribution is 2.39. The van der Waals surface area contributed by atoms with Gasteiger partial charge >= 0.3 is 0 Å². The molecular formula is C8H13N3S. The van der Waals surface area contributed by atoms with Crippen molar-refractivity contribution in [1.82, 2.24) is 9.36 Å². The summed E-state index contributed by atoms with van der Waals surface area (Å²) in [6.45, 7) is 2.25. The SMILES string of the molecule is CC1CCC(N)(c2ncns2)C1. The molecule has 1 saturated carbocycles. The van der Waals surface area contributed by atoms with Gasteiger partial charge in [0.15, 0.2) is 0 Å². The van der Waals surface area contributed by atoms with Crippen LogP contribution in [0, 0.1) is 5.92 Å². The Balaban J connectivity index is 2.23. The molecule has 0 aromatic carbocycles. The number of nitrogens with zero attached hydrogens (tertiary/aromatic N) is 2. The van der Waals surface area contributed by atoms with Crippen LogP contribution >= 0.6 is 11.5 Å². The van der Waals surface area contributed by atoms with Gasteiger partial charge in [0.05, 0.1) is 5.54 Å². The second-order valence-electron chi connectivity index (χ2n) is 3.75. The lowest BCUT2D eigenvalue weighted by molar-refractivity contribution is 0.438. The minimum absolute atomic E-state index is 0.166. The molecule has 2 atom stereocenters. The summed E-state index contributed by atoms with van der Waals surface area (Å²) in [6.07, 6.45) is 4.93. The van der Waals surface area contributed by atoms with E-state index in [2.05, 4.69) is 16.3 Å². The zero-order valence-electron chi connectivity index (χ0n) is 7.16. The van der Waals surface area contributed by atoms with Crippen molar-refractivity contribution in [1.29, 1.82) is 0 Å². The van der Waals surface area contributed by atoms with Gasteiger partial charge in [-0.05, 0) is 36.7 Å². The molecule has 2 rings (SSSR count). The molecule has 1 fully saturated rings. The summed E-state index contributed by atoms with van der Waals surface area (Å²) in [6, 6.07) is 0. The summed E-state index contributed by atoms with van der Waals surface area (Å²) < 4.78 is 3.99. The first-order valence-corrected chi connectivity index (χ1v) is 5.04. The maximum Gasteiger partial charge on any atom is 0.133 e. The number of nitrogens with two attached hydrogens (primary N) is 1. The van der Waals surface area contributed by atoms with E-state index in [0.717, 1.165) is 23.8 Å². The first kappa shape index (κ1) is 8.13. The van der Waals surface area contributed by atoms with E-state index in [1.165, 1.54) is 18.0 Å². The Hall–Kier alpha value is -0.480. The molecule has 12 heavy (non-hydrogen) atoms. The lowest BCUT2D eigenvalue weighted by Gasteiger charge is -2.19. The third kappa shape index (κ3) is 1.25. The molecule has 1 aromatic heterocycles. The number of aromatic nitrogens is 2. The average Bonchev–Trinajstić information content (AvgIpc) is 2.59. The minimum atomic E-state index is -0.166. The summed E-state index contributed by atoms with van der Waals surface area (Å²) >= 11 is 1.43. The van der Waals surface area contributed by atoms with E-state index in [0.29, 0.717) is 0 Å². The third-order valence-corrected chi connectivity index (χ3v) is 3.47. The average molecular weight is 183 g/mol. The molecule has 0 radical (unpaired) electrons. The van der Waals surface area contributed by atoms with Gasteiger partial charge in [-0.3, -0.25) is 0 Å². The summed E-state index contributed by atoms with van der Waals surface area (Å²) in [4.78, 5) is 4.19. The molecule has 1 aromatic rings. The van der Waals surface area contributed by atoms with Gasteiger partial charge in [-0.25, -0.2) is 4.98 Å². The Morgan fingerprint density at radius 2 is 2.58 bits per heavy atom. The molecule has 0 aliphatic heterocycles. The summed E-state index contributed by atoms with van der Waals surface area (Å²) in [5, 5.41) is 1.01. The normalized spacial score (nSPS) is 35.7. The van der Waals surface area contributed by atoms with Crippen molar-refractivity contribution in [3.8, 4) is 0 Å². The van der Waals surface area contributed by atoms with Crippen LogP contribution in [0.1, 0.15) is 31.2 Å². The summed E-state index contributed by atoms with van der Waals surface area (Å²) in [7, 11) is 0. The second kappa shape index (κ2) is 2.78. The van der Waals surface area contributed by atoms with Gasteiger partial charge in [0, 0.05) is 0 Å². The largest absolute Gasteiger partial charge is 0.319 e. The quantitative estimate of drug-likeness (QED) is 0.718. The molecule has 0 spiro atoms. The molecule has 0 saturated heterocycles. The Labute approximate surface area is 76.2 Å². The standard InChI is InChI=1S/C8H13N3S/c1-6-2-3-8(9,4-6)7-10-5-11-12-7/h5-6H,2-4,9H2,1H3. The highest BCUT2D eigenvalue weighted by Gasteiger charge is 2.37. The Kier molecular flexibility index (Phi) is 1.88. The lowest BCUT2D eigenvalue weighted by atomic mass is 9.99. The molecule has 3 nitrogen and oxygen atoms in total. The van der Waals surface area contributed by atoms with Crippen LogP contribution in [-0.4, -0.2) is 9.36 Å². The maximum absolute atomic E-state index is 6.22. The van der Waals surface area contributed by atoms with E-state index < -0.39 is 0 Å². The van der Waals surface area contributed by atoms with Gasteiger partial charge < -0.3 is 5.73 Å². The lowest BCUT2D eigenvalue weighted by Crippen LogP contribution is -2.33. The van der Waals surface area contributed by atoms with Gasteiger partial charge in [0.2, 0.25) is 0 Å². The van der Waals surface area contributed by atoms with E-state index in [-0.39, 0.29) is 5.54 Å². The monoisotopic (exact) mass is 183 g/mol. The molecule has 1 heterocycles. The molecule has 1 aliphatic carbocycles. The van der Waals surface area contributed by atoms with Crippen molar-refractivity contribution in [2.75, 3.05) is 0 Å². The van der Waals surface area contributed by atoms with Crippen molar-refractivity contribution < 1.29 is 0 Å². The topological polar surface area (TPSA) is 51.8 Å².